The molecule has 0 unspecified atom stereocenters. The van der Waals surface area contributed by atoms with Crippen molar-refractivity contribution in [3.63, 3.8) is 0 Å². The van der Waals surface area contributed by atoms with E-state index in [1.54, 1.807) is 17.0 Å². The minimum Gasteiger partial charge on any atom is -0.444 e. The van der Waals surface area contributed by atoms with Gasteiger partial charge in [0.15, 0.2) is 0 Å². The van der Waals surface area contributed by atoms with Crippen LogP contribution in [0.1, 0.15) is 43.7 Å². The van der Waals surface area contributed by atoms with E-state index in [-0.39, 0.29) is 23.7 Å². The van der Waals surface area contributed by atoms with Crippen LogP contribution in [0.2, 0.25) is 0 Å². The minimum absolute atomic E-state index is 0.154. The van der Waals surface area contributed by atoms with Gasteiger partial charge in [0.05, 0.1) is 17.9 Å². The largest absolute Gasteiger partial charge is 0.444 e. The van der Waals surface area contributed by atoms with Crippen LogP contribution in [0.15, 0.2) is 29.2 Å². The van der Waals surface area contributed by atoms with Crippen LogP contribution in [0.25, 0.3) is 0 Å². The van der Waals surface area contributed by atoms with Crippen LogP contribution >= 0.6 is 23.1 Å². The zero-order valence-corrected chi connectivity index (χ0v) is 20.6. The third-order valence-corrected chi connectivity index (χ3v) is 6.72. The summed E-state index contributed by atoms with van der Waals surface area (Å²) in [6.45, 7) is 7.71. The van der Waals surface area contributed by atoms with Gasteiger partial charge in [-0.2, -0.15) is 5.26 Å². The highest BCUT2D eigenvalue weighted by atomic mass is 32.2. The van der Waals surface area contributed by atoms with Crippen molar-refractivity contribution < 1.29 is 19.1 Å². The molecule has 10 heteroatoms. The van der Waals surface area contributed by atoms with Crippen molar-refractivity contribution in [1.82, 2.24) is 4.90 Å². The fraction of sp³-hybridized carbons (Fsp3) is 0.391. The highest BCUT2D eigenvalue weighted by Gasteiger charge is 2.30. The zero-order chi connectivity index (χ0) is 24.2. The van der Waals surface area contributed by atoms with Crippen molar-refractivity contribution >= 4 is 51.7 Å². The number of thiophene rings is 1. The van der Waals surface area contributed by atoms with Gasteiger partial charge in [-0.3, -0.25) is 9.59 Å². The fourth-order valence-corrected chi connectivity index (χ4v) is 5.26. The number of fused-ring (bicyclic) bond motifs is 1. The van der Waals surface area contributed by atoms with Gasteiger partial charge in [-0.05, 0) is 51.0 Å². The second kappa shape index (κ2) is 10.3. The quantitative estimate of drug-likeness (QED) is 0.598. The molecule has 2 heterocycles. The van der Waals surface area contributed by atoms with E-state index in [4.69, 9.17) is 4.74 Å². The lowest BCUT2D eigenvalue weighted by molar-refractivity contribution is -0.114. The molecule has 0 aliphatic carbocycles. The Morgan fingerprint density at radius 2 is 2.03 bits per heavy atom. The normalized spacial score (nSPS) is 13.0. The fourth-order valence-electron chi connectivity index (χ4n) is 3.27. The molecule has 0 fully saturated rings. The van der Waals surface area contributed by atoms with Gasteiger partial charge in [0, 0.05) is 28.9 Å². The number of nitrogens with one attached hydrogen (secondary N) is 2. The van der Waals surface area contributed by atoms with Gasteiger partial charge < -0.3 is 20.3 Å². The summed E-state index contributed by atoms with van der Waals surface area (Å²) in [5.74, 6) is -0.240. The summed E-state index contributed by atoms with van der Waals surface area (Å²) in [5, 5.41) is 15.7. The van der Waals surface area contributed by atoms with Crippen LogP contribution in [-0.4, -0.2) is 40.7 Å². The molecule has 2 N–H and O–H groups in total. The average Bonchev–Trinajstić information content (AvgIpc) is 3.06. The molecule has 174 valence electrons. The summed E-state index contributed by atoms with van der Waals surface area (Å²) in [5.41, 5.74) is 1.43. The molecule has 0 saturated heterocycles. The van der Waals surface area contributed by atoms with E-state index in [0.717, 1.165) is 15.3 Å². The molecule has 0 spiro atoms. The molecule has 1 aromatic carbocycles. The summed E-state index contributed by atoms with van der Waals surface area (Å²) in [6, 6.07) is 9.45. The first kappa shape index (κ1) is 24.6. The first-order chi connectivity index (χ1) is 15.6. The van der Waals surface area contributed by atoms with Crippen LogP contribution in [0.5, 0.6) is 0 Å². The van der Waals surface area contributed by atoms with E-state index in [1.807, 2.05) is 32.9 Å². The van der Waals surface area contributed by atoms with Gasteiger partial charge in [0.1, 0.15) is 16.7 Å². The van der Waals surface area contributed by atoms with Gasteiger partial charge in [-0.1, -0.05) is 6.07 Å². The average molecular weight is 487 g/mol. The van der Waals surface area contributed by atoms with Crippen molar-refractivity contribution in [3.8, 4) is 6.07 Å². The molecule has 3 amide bonds. The van der Waals surface area contributed by atoms with Gasteiger partial charge >= 0.3 is 6.09 Å². The van der Waals surface area contributed by atoms with Crippen LogP contribution in [0.4, 0.5) is 15.5 Å². The van der Waals surface area contributed by atoms with Crippen molar-refractivity contribution in [1.29, 1.82) is 5.26 Å². The molecule has 1 aliphatic rings. The molecule has 3 rings (SSSR count). The maximum Gasteiger partial charge on any atom is 0.410 e. The highest BCUT2D eigenvalue weighted by molar-refractivity contribution is 8.00. The van der Waals surface area contributed by atoms with E-state index < -0.39 is 5.60 Å². The van der Waals surface area contributed by atoms with Crippen molar-refractivity contribution in [3.05, 3.63) is 40.3 Å². The second-order valence-corrected chi connectivity index (χ2v) is 10.7. The molecular weight excluding hydrogens is 460 g/mol. The monoisotopic (exact) mass is 486 g/mol. The predicted octanol–water partition coefficient (Wildman–Crippen LogP) is 4.60. The van der Waals surface area contributed by atoms with Crippen LogP contribution in [0, 0.1) is 11.3 Å². The molecule has 0 atom stereocenters. The predicted molar refractivity (Wildman–Crippen MR) is 129 cm³/mol. The Bertz CT molecular complexity index is 1110. The number of amides is 3. The number of carbonyl (C=O) groups excluding carboxylic acids is 3. The van der Waals surface area contributed by atoms with Crippen molar-refractivity contribution in [2.75, 3.05) is 22.9 Å². The third kappa shape index (κ3) is 6.73. The van der Waals surface area contributed by atoms with E-state index in [1.165, 1.54) is 30.0 Å². The summed E-state index contributed by atoms with van der Waals surface area (Å²) >= 11 is 2.66. The first-order valence-electron chi connectivity index (χ1n) is 10.4. The lowest BCUT2D eigenvalue weighted by Crippen LogP contribution is -2.39. The smallest absolute Gasteiger partial charge is 0.410 e. The molecule has 8 nitrogen and oxygen atoms in total. The summed E-state index contributed by atoms with van der Waals surface area (Å²) < 4.78 is 5.45. The number of nitrogens with zero attached hydrogens (tertiary/aromatic N) is 2. The van der Waals surface area contributed by atoms with E-state index in [0.29, 0.717) is 35.8 Å². The van der Waals surface area contributed by atoms with Gasteiger partial charge in [0.2, 0.25) is 11.8 Å². The molecule has 1 aliphatic heterocycles. The Balaban J connectivity index is 1.64. The van der Waals surface area contributed by atoms with Crippen molar-refractivity contribution in [2.45, 2.75) is 51.2 Å². The molecule has 1 aromatic heterocycles. The van der Waals surface area contributed by atoms with E-state index in [9.17, 15) is 19.6 Å². The lowest BCUT2D eigenvalue weighted by atomic mass is 10.0. The van der Waals surface area contributed by atoms with Crippen molar-refractivity contribution in [2.24, 2.45) is 0 Å². The second-order valence-electron chi connectivity index (χ2n) is 8.52. The first-order valence-corrected chi connectivity index (χ1v) is 12.2. The number of hydrogen-bond donors (Lipinski definition) is 2. The number of rotatable bonds is 5. The molecular formula is C23H26N4O4S2. The summed E-state index contributed by atoms with van der Waals surface area (Å²) in [6.07, 6.45) is 0.151. The number of nitriles is 1. The summed E-state index contributed by atoms with van der Waals surface area (Å²) in [7, 11) is 0. The topological polar surface area (TPSA) is 112 Å². The number of thioether (sulfide) groups is 1. The van der Waals surface area contributed by atoms with Gasteiger partial charge in [-0.25, -0.2) is 4.79 Å². The number of hydrogen-bond acceptors (Lipinski definition) is 7. The Kier molecular flexibility index (Phi) is 7.66. The number of ether oxygens (including phenoxy) is 1. The Morgan fingerprint density at radius 3 is 2.70 bits per heavy atom. The molecule has 0 bridgehead atoms. The number of carbonyl (C=O) groups is 3. The SMILES string of the molecule is CC(=O)Nc1cccc(SCC(=O)Nc2sc3c(c2C#N)CCN(C(=O)OC(C)(C)C)C3)c1. The van der Waals surface area contributed by atoms with Crippen LogP contribution in [-0.2, 0) is 27.3 Å². The molecule has 0 saturated carbocycles. The van der Waals surface area contributed by atoms with Crippen LogP contribution in [0.3, 0.4) is 0 Å². The highest BCUT2D eigenvalue weighted by Crippen LogP contribution is 2.37. The maximum atomic E-state index is 12.6. The molecule has 2 aromatic rings. The van der Waals surface area contributed by atoms with E-state index in [2.05, 4.69) is 16.7 Å². The van der Waals surface area contributed by atoms with Crippen LogP contribution < -0.4 is 10.6 Å². The van der Waals surface area contributed by atoms with Gasteiger partial charge in [0.25, 0.3) is 0 Å². The standard InChI is InChI=1S/C23H26N4O4S2/c1-14(28)25-15-6-5-7-16(10-15)32-13-20(29)26-21-18(11-24)17-8-9-27(12-19(17)33-21)22(30)31-23(2,3)4/h5-7,10H,8-9,12-13H2,1-4H3,(H,25,28)(H,26,29). The molecule has 0 radical (unpaired) electrons. The Labute approximate surface area is 201 Å². The van der Waals surface area contributed by atoms with Gasteiger partial charge in [-0.15, -0.1) is 23.1 Å². The maximum absolute atomic E-state index is 12.6. The lowest BCUT2D eigenvalue weighted by Gasteiger charge is -2.29. The molecule has 33 heavy (non-hydrogen) atoms. The number of benzene rings is 1. The zero-order valence-electron chi connectivity index (χ0n) is 19.0. The summed E-state index contributed by atoms with van der Waals surface area (Å²) in [4.78, 5) is 39.5. The minimum atomic E-state index is -0.580. The Hall–Kier alpha value is -3.03. The third-order valence-electron chi connectivity index (χ3n) is 4.60. The number of anilines is 2. The Morgan fingerprint density at radius 1 is 1.27 bits per heavy atom. The van der Waals surface area contributed by atoms with E-state index >= 15 is 0 Å².